The smallest absolute Gasteiger partial charge is 2.00 e. The molecule has 0 bridgehead atoms. The molecule has 0 spiro atoms. The average Bonchev–Trinajstić information content (AvgIpc) is 0. The van der Waals surface area contributed by atoms with Crippen molar-refractivity contribution in [2.45, 2.75) is 0 Å². The van der Waals surface area contributed by atoms with Crippen LogP contribution in [0.25, 0.3) is 0 Å². The maximum absolute atomic E-state index is 0. The van der Waals surface area contributed by atoms with Crippen LogP contribution in [0.2, 0.25) is 0 Å². The summed E-state index contributed by atoms with van der Waals surface area (Å²) < 4.78 is 0. The van der Waals surface area contributed by atoms with Crippen molar-refractivity contribution in [2.75, 3.05) is 0 Å². The van der Waals surface area contributed by atoms with Crippen LogP contribution in [-0.2, 0) is 25.0 Å². The van der Waals surface area contributed by atoms with Crippen LogP contribution in [0.3, 0.4) is 0 Å². The predicted octanol–water partition coefficient (Wildman–Crippen LogP) is -3.50. The summed E-state index contributed by atoms with van der Waals surface area (Å²) in [5.41, 5.74) is 0. The van der Waals surface area contributed by atoms with Crippen LogP contribution in [-0.4, -0.2) is 37.7 Å². The first kappa shape index (κ1) is 41.8. The van der Waals surface area contributed by atoms with Crippen LogP contribution in [0.5, 0.6) is 0 Å². The minimum Gasteiger partial charge on any atom is -2.00 e. The van der Waals surface area contributed by atoms with Gasteiger partial charge < -0.3 is 10.2 Å². The molecule has 0 rings (SSSR count). The Morgan fingerprint density at radius 1 is 1.00 bits per heavy atom. The molecule has 0 N–H and O–H groups in total. The summed E-state index contributed by atoms with van der Waals surface area (Å²) in [6, 6.07) is 0. The van der Waals surface area contributed by atoms with Gasteiger partial charge in [-0.05, 0) is 0 Å². The largest absolute Gasteiger partial charge is 2.00 e. The molecule has 4 heavy (non-hydrogen) atoms. The molecule has 0 aliphatic carbocycles. The standard InChI is InChI=1S/Ca.FH.O.Zn/h;1H;;/q+2;;-2;+2/p-1. The molecule has 0 aromatic rings. The summed E-state index contributed by atoms with van der Waals surface area (Å²) in [7, 11) is 0. The molecule has 16 valence electrons. The van der Waals surface area contributed by atoms with Crippen molar-refractivity contribution in [3.05, 3.63) is 0 Å². The van der Waals surface area contributed by atoms with Crippen molar-refractivity contribution in [1.29, 1.82) is 0 Å². The second-order valence-corrected chi connectivity index (χ2v) is 0. The summed E-state index contributed by atoms with van der Waals surface area (Å²) in [4.78, 5) is 0. The van der Waals surface area contributed by atoms with E-state index in [1.807, 2.05) is 0 Å². The van der Waals surface area contributed by atoms with Gasteiger partial charge in [0.25, 0.3) is 0 Å². The number of rotatable bonds is 0. The van der Waals surface area contributed by atoms with Gasteiger partial charge in [-0.25, -0.2) is 0 Å². The molecule has 0 saturated heterocycles. The Kier molecular flexibility index (Phi) is 226. The quantitative estimate of drug-likeness (QED) is 0.313. The summed E-state index contributed by atoms with van der Waals surface area (Å²) in [5, 5.41) is 0. The summed E-state index contributed by atoms with van der Waals surface area (Å²) in [5.74, 6) is 0. The molecule has 0 atom stereocenters. The Hall–Kier alpha value is 1.77. The number of halogens is 1. The molecule has 1 nitrogen and oxygen atoms in total. The van der Waals surface area contributed by atoms with Crippen LogP contribution < -0.4 is 4.70 Å². The molecule has 4 heteroatoms. The number of hydrogen-bond acceptors (Lipinski definition) is 0. The van der Waals surface area contributed by atoms with Crippen molar-refractivity contribution < 1.29 is 29.7 Å². The molecule has 0 heterocycles. The van der Waals surface area contributed by atoms with E-state index in [1.165, 1.54) is 0 Å². The van der Waals surface area contributed by atoms with E-state index in [0.717, 1.165) is 0 Å². The van der Waals surface area contributed by atoms with Crippen LogP contribution in [0, 0.1) is 0 Å². The van der Waals surface area contributed by atoms with Gasteiger partial charge in [-0.3, -0.25) is 0 Å². The van der Waals surface area contributed by atoms with E-state index >= 15 is 0 Å². The van der Waals surface area contributed by atoms with E-state index < -0.39 is 0 Å². The maximum Gasteiger partial charge on any atom is 2.00 e. The monoisotopic (exact) mass is 139 g/mol. The minimum atomic E-state index is 0. The van der Waals surface area contributed by atoms with Gasteiger partial charge >= 0.3 is 57.2 Å². The van der Waals surface area contributed by atoms with E-state index in [2.05, 4.69) is 0 Å². The second kappa shape index (κ2) is 21.6. The van der Waals surface area contributed by atoms with Crippen molar-refractivity contribution in [2.24, 2.45) is 0 Å². The summed E-state index contributed by atoms with van der Waals surface area (Å²) >= 11 is 0. The van der Waals surface area contributed by atoms with E-state index in [9.17, 15) is 0 Å². The Balaban J connectivity index is 0. The Bertz CT molecular complexity index is 8.00. The van der Waals surface area contributed by atoms with Crippen molar-refractivity contribution in [3.8, 4) is 0 Å². The van der Waals surface area contributed by atoms with Gasteiger partial charge in [0.1, 0.15) is 0 Å². The third-order valence-corrected chi connectivity index (χ3v) is 0. The molecule has 0 amide bonds. The Labute approximate surface area is 66.6 Å². The Morgan fingerprint density at radius 2 is 1.00 bits per heavy atom. The fourth-order valence-corrected chi connectivity index (χ4v) is 0. The third-order valence-electron chi connectivity index (χ3n) is 0. The van der Waals surface area contributed by atoms with E-state index in [4.69, 9.17) is 0 Å². The fraction of sp³-hybridized carbons (Fsp3) is 0. The molecule has 0 aliphatic rings. The van der Waals surface area contributed by atoms with Crippen LogP contribution in [0.15, 0.2) is 0 Å². The zero-order valence-corrected chi connectivity index (χ0v) is 7.38. The molecule has 0 saturated carbocycles. The zero-order chi connectivity index (χ0) is 0. The topological polar surface area (TPSA) is 28.5 Å². The van der Waals surface area contributed by atoms with Crippen LogP contribution in [0.4, 0.5) is 0 Å². The first-order valence-electron chi connectivity index (χ1n) is 0. The van der Waals surface area contributed by atoms with Gasteiger partial charge in [0.15, 0.2) is 0 Å². The van der Waals surface area contributed by atoms with Crippen LogP contribution in [0.1, 0.15) is 0 Å². The normalized spacial score (nSPS) is 0. The van der Waals surface area contributed by atoms with Crippen molar-refractivity contribution in [1.82, 2.24) is 0 Å². The third kappa shape index (κ3) is 9.23. The molecular weight excluding hydrogens is 140 g/mol. The van der Waals surface area contributed by atoms with E-state index in [0.29, 0.717) is 0 Å². The van der Waals surface area contributed by atoms with Crippen molar-refractivity contribution in [3.63, 3.8) is 0 Å². The van der Waals surface area contributed by atoms with E-state index in [-0.39, 0.29) is 67.4 Å². The first-order valence-corrected chi connectivity index (χ1v) is 0. The molecular formula is CaFOZn+. The molecule has 0 aliphatic heterocycles. The predicted molar refractivity (Wildman–Crippen MR) is 6.44 cm³/mol. The van der Waals surface area contributed by atoms with Gasteiger partial charge in [-0.15, -0.1) is 0 Å². The number of hydrogen-bond donors (Lipinski definition) is 0. The SMILES string of the molecule is [Ca+2].[F-].[O-2].[Zn+2]. The molecule has 0 fully saturated rings. The van der Waals surface area contributed by atoms with Gasteiger partial charge in [0.2, 0.25) is 0 Å². The summed E-state index contributed by atoms with van der Waals surface area (Å²) in [6.07, 6.45) is 0. The molecule has 0 unspecified atom stereocenters. The fourth-order valence-electron chi connectivity index (χ4n) is 0. The van der Waals surface area contributed by atoms with Gasteiger partial charge in [0.05, 0.1) is 0 Å². The van der Waals surface area contributed by atoms with Crippen LogP contribution >= 0.6 is 0 Å². The Morgan fingerprint density at radius 3 is 1.00 bits per heavy atom. The van der Waals surface area contributed by atoms with Gasteiger partial charge in [-0.2, -0.15) is 0 Å². The van der Waals surface area contributed by atoms with Crippen molar-refractivity contribution >= 4 is 37.7 Å². The maximum atomic E-state index is 0. The zero-order valence-electron chi connectivity index (χ0n) is 2.20. The summed E-state index contributed by atoms with van der Waals surface area (Å²) in [6.45, 7) is 0. The van der Waals surface area contributed by atoms with Gasteiger partial charge in [-0.1, -0.05) is 0 Å². The molecule has 0 aromatic carbocycles. The molecule has 0 aromatic heterocycles. The minimum absolute atomic E-state index is 0. The van der Waals surface area contributed by atoms with Gasteiger partial charge in [0, 0.05) is 0 Å². The second-order valence-electron chi connectivity index (χ2n) is 0. The average molecular weight is 140 g/mol. The first-order chi connectivity index (χ1) is 0. The van der Waals surface area contributed by atoms with E-state index in [1.54, 1.807) is 0 Å². The molecule has 0 radical (unpaired) electrons.